The smallest absolute Gasteiger partial charge is 0.141 e. The standard InChI is InChI=1S/C13H13ClO2/c1-2-3-12(15)8-10-7-11(14)6-9-4-5-16-13(9)10/h2,6-7H,1,3-5,8H2. The average Bonchev–Trinajstić information content (AvgIpc) is 2.65. The van der Waals surface area contributed by atoms with Gasteiger partial charge in [0.2, 0.25) is 0 Å². The highest BCUT2D eigenvalue weighted by atomic mass is 35.5. The van der Waals surface area contributed by atoms with Crippen molar-refractivity contribution >= 4 is 17.4 Å². The Morgan fingerprint density at radius 2 is 2.38 bits per heavy atom. The third-order valence-electron chi connectivity index (χ3n) is 2.58. The minimum atomic E-state index is 0.134. The van der Waals surface area contributed by atoms with Crippen LogP contribution in [0.3, 0.4) is 0 Å². The normalized spacial score (nSPS) is 13.1. The number of benzene rings is 1. The molecular formula is C13H13ClO2. The molecule has 0 aliphatic carbocycles. The van der Waals surface area contributed by atoms with Crippen LogP contribution in [0.15, 0.2) is 24.8 Å². The van der Waals surface area contributed by atoms with Crippen molar-refractivity contribution < 1.29 is 9.53 Å². The van der Waals surface area contributed by atoms with Crippen molar-refractivity contribution in [1.82, 2.24) is 0 Å². The summed E-state index contributed by atoms with van der Waals surface area (Å²) in [5, 5.41) is 0.672. The summed E-state index contributed by atoms with van der Waals surface area (Å²) in [7, 11) is 0. The summed E-state index contributed by atoms with van der Waals surface area (Å²) < 4.78 is 5.53. The van der Waals surface area contributed by atoms with Crippen LogP contribution in [0.5, 0.6) is 5.75 Å². The molecule has 1 aliphatic heterocycles. The Balaban J connectivity index is 2.27. The predicted octanol–water partition coefficient (Wildman–Crippen LogP) is 2.96. The van der Waals surface area contributed by atoms with Crippen LogP contribution in [0.2, 0.25) is 5.02 Å². The molecule has 0 radical (unpaired) electrons. The summed E-state index contributed by atoms with van der Waals surface area (Å²) in [6.45, 7) is 4.23. The van der Waals surface area contributed by atoms with Crippen molar-refractivity contribution in [3.05, 3.63) is 40.9 Å². The maximum absolute atomic E-state index is 11.6. The van der Waals surface area contributed by atoms with Crippen LogP contribution in [0, 0.1) is 0 Å². The number of hydrogen-bond acceptors (Lipinski definition) is 2. The molecule has 2 rings (SSSR count). The second kappa shape index (κ2) is 4.71. The van der Waals surface area contributed by atoms with Gasteiger partial charge in [-0.05, 0) is 17.7 Å². The molecule has 0 spiro atoms. The minimum Gasteiger partial charge on any atom is -0.493 e. The van der Waals surface area contributed by atoms with Gasteiger partial charge in [0.1, 0.15) is 11.5 Å². The molecule has 16 heavy (non-hydrogen) atoms. The molecule has 0 aromatic heterocycles. The minimum absolute atomic E-state index is 0.134. The van der Waals surface area contributed by atoms with E-state index in [-0.39, 0.29) is 5.78 Å². The maximum atomic E-state index is 11.6. The highest BCUT2D eigenvalue weighted by molar-refractivity contribution is 6.30. The van der Waals surface area contributed by atoms with E-state index in [1.807, 2.05) is 12.1 Å². The zero-order valence-corrected chi connectivity index (χ0v) is 9.72. The first-order valence-corrected chi connectivity index (χ1v) is 5.65. The first-order chi connectivity index (χ1) is 7.70. The summed E-state index contributed by atoms with van der Waals surface area (Å²) in [5.41, 5.74) is 2.00. The molecular weight excluding hydrogens is 224 g/mol. The first-order valence-electron chi connectivity index (χ1n) is 5.27. The van der Waals surface area contributed by atoms with Crippen molar-refractivity contribution in [1.29, 1.82) is 0 Å². The molecule has 0 N–H and O–H groups in total. The summed E-state index contributed by atoms with van der Waals surface area (Å²) in [6.07, 6.45) is 3.25. The van der Waals surface area contributed by atoms with E-state index in [4.69, 9.17) is 16.3 Å². The molecule has 1 heterocycles. The number of ether oxygens (including phenoxy) is 1. The van der Waals surface area contributed by atoms with Crippen molar-refractivity contribution in [3.63, 3.8) is 0 Å². The number of hydrogen-bond donors (Lipinski definition) is 0. The fourth-order valence-corrected chi connectivity index (χ4v) is 2.19. The van der Waals surface area contributed by atoms with E-state index in [0.717, 1.165) is 23.3 Å². The zero-order valence-electron chi connectivity index (χ0n) is 8.96. The molecule has 0 bridgehead atoms. The van der Waals surface area contributed by atoms with Crippen LogP contribution in [0.25, 0.3) is 0 Å². The van der Waals surface area contributed by atoms with Crippen LogP contribution in [-0.2, 0) is 17.6 Å². The quantitative estimate of drug-likeness (QED) is 0.752. The van der Waals surface area contributed by atoms with Gasteiger partial charge < -0.3 is 4.74 Å². The van der Waals surface area contributed by atoms with Crippen LogP contribution >= 0.6 is 11.6 Å². The lowest BCUT2D eigenvalue weighted by Crippen LogP contribution is -2.02. The zero-order chi connectivity index (χ0) is 11.5. The van der Waals surface area contributed by atoms with Gasteiger partial charge in [-0.25, -0.2) is 0 Å². The Bertz CT molecular complexity index is 438. The highest BCUT2D eigenvalue weighted by Crippen LogP contribution is 2.33. The van der Waals surface area contributed by atoms with Crippen molar-refractivity contribution in [3.8, 4) is 5.75 Å². The molecule has 1 aromatic rings. The monoisotopic (exact) mass is 236 g/mol. The summed E-state index contributed by atoms with van der Waals surface area (Å²) in [5.74, 6) is 0.983. The topological polar surface area (TPSA) is 26.3 Å². The molecule has 2 nitrogen and oxygen atoms in total. The summed E-state index contributed by atoms with van der Waals surface area (Å²) in [6, 6.07) is 3.72. The number of rotatable bonds is 4. The number of allylic oxidation sites excluding steroid dienone is 1. The van der Waals surface area contributed by atoms with Gasteiger partial charge in [-0.3, -0.25) is 4.79 Å². The average molecular weight is 237 g/mol. The van der Waals surface area contributed by atoms with Gasteiger partial charge in [0.25, 0.3) is 0 Å². The van der Waals surface area contributed by atoms with Crippen molar-refractivity contribution in [2.45, 2.75) is 19.3 Å². The third-order valence-corrected chi connectivity index (χ3v) is 2.80. The molecule has 0 fully saturated rings. The Hall–Kier alpha value is -1.28. The lowest BCUT2D eigenvalue weighted by Gasteiger charge is -2.07. The largest absolute Gasteiger partial charge is 0.493 e. The molecule has 1 aromatic carbocycles. The van der Waals surface area contributed by atoms with Crippen LogP contribution in [0.4, 0.5) is 0 Å². The predicted molar refractivity (Wildman–Crippen MR) is 64.2 cm³/mol. The maximum Gasteiger partial charge on any atom is 0.141 e. The number of ketones is 1. The molecule has 0 atom stereocenters. The van der Waals surface area contributed by atoms with E-state index in [1.54, 1.807) is 6.08 Å². The van der Waals surface area contributed by atoms with Gasteiger partial charge >= 0.3 is 0 Å². The van der Waals surface area contributed by atoms with E-state index in [2.05, 4.69) is 6.58 Å². The number of Topliss-reactive ketones (excluding diaryl/α,β-unsaturated/α-hetero) is 1. The van der Waals surface area contributed by atoms with Gasteiger partial charge in [-0.1, -0.05) is 17.7 Å². The highest BCUT2D eigenvalue weighted by Gasteiger charge is 2.18. The van der Waals surface area contributed by atoms with E-state index in [1.165, 1.54) is 0 Å². The molecule has 0 saturated carbocycles. The number of halogens is 1. The van der Waals surface area contributed by atoms with Gasteiger partial charge in [-0.15, -0.1) is 6.58 Å². The van der Waals surface area contributed by atoms with Crippen molar-refractivity contribution in [2.24, 2.45) is 0 Å². The Morgan fingerprint density at radius 1 is 1.56 bits per heavy atom. The molecule has 0 unspecified atom stereocenters. The molecule has 1 aliphatic rings. The Morgan fingerprint density at radius 3 is 3.12 bits per heavy atom. The van der Waals surface area contributed by atoms with Gasteiger partial charge in [-0.2, -0.15) is 0 Å². The summed E-state index contributed by atoms with van der Waals surface area (Å²) >= 11 is 6.00. The lowest BCUT2D eigenvalue weighted by atomic mass is 10.0. The number of carbonyl (C=O) groups is 1. The summed E-state index contributed by atoms with van der Waals surface area (Å²) in [4.78, 5) is 11.6. The van der Waals surface area contributed by atoms with Gasteiger partial charge in [0.15, 0.2) is 0 Å². The number of fused-ring (bicyclic) bond motifs is 1. The van der Waals surface area contributed by atoms with E-state index in [0.29, 0.717) is 24.5 Å². The van der Waals surface area contributed by atoms with Crippen LogP contribution < -0.4 is 4.74 Å². The number of carbonyl (C=O) groups excluding carboxylic acids is 1. The van der Waals surface area contributed by atoms with Crippen LogP contribution in [0.1, 0.15) is 17.5 Å². The Kier molecular flexibility index (Phi) is 3.30. The second-order valence-corrected chi connectivity index (χ2v) is 4.30. The van der Waals surface area contributed by atoms with E-state index < -0.39 is 0 Å². The molecule has 3 heteroatoms. The lowest BCUT2D eigenvalue weighted by molar-refractivity contribution is -0.117. The molecule has 0 saturated heterocycles. The third kappa shape index (κ3) is 2.27. The van der Waals surface area contributed by atoms with E-state index in [9.17, 15) is 4.79 Å². The second-order valence-electron chi connectivity index (χ2n) is 3.86. The SMILES string of the molecule is C=CCC(=O)Cc1cc(Cl)cc2c1OCC2. The first kappa shape index (κ1) is 11.2. The van der Waals surface area contributed by atoms with Crippen molar-refractivity contribution in [2.75, 3.05) is 6.61 Å². The Labute approximate surface area is 99.9 Å². The fourth-order valence-electron chi connectivity index (χ4n) is 1.92. The molecule has 84 valence electrons. The van der Waals surface area contributed by atoms with Crippen LogP contribution in [-0.4, -0.2) is 12.4 Å². The van der Waals surface area contributed by atoms with Gasteiger partial charge in [0.05, 0.1) is 6.61 Å². The molecule has 0 amide bonds. The fraction of sp³-hybridized carbons (Fsp3) is 0.308. The van der Waals surface area contributed by atoms with Gasteiger partial charge in [0, 0.05) is 29.8 Å². The van der Waals surface area contributed by atoms with E-state index >= 15 is 0 Å².